The van der Waals surface area contributed by atoms with Gasteiger partial charge in [0.2, 0.25) is 0 Å². The fourth-order valence-electron chi connectivity index (χ4n) is 1.75. The van der Waals surface area contributed by atoms with Crippen molar-refractivity contribution >= 4 is 12.1 Å². The van der Waals surface area contributed by atoms with Crippen LogP contribution in [0.15, 0.2) is 48.5 Å². The van der Waals surface area contributed by atoms with Gasteiger partial charge in [-0.25, -0.2) is 9.59 Å². The minimum atomic E-state index is -1.50. The summed E-state index contributed by atoms with van der Waals surface area (Å²) in [4.78, 5) is 22.7. The first kappa shape index (κ1) is 15.4. The van der Waals surface area contributed by atoms with Crippen molar-refractivity contribution in [2.24, 2.45) is 0 Å². The Kier molecular flexibility index (Phi) is 4.98. The summed E-state index contributed by atoms with van der Waals surface area (Å²) in [7, 11) is 0. The molecule has 114 valence electrons. The first-order valence-electron chi connectivity index (χ1n) is 6.55. The van der Waals surface area contributed by atoms with Gasteiger partial charge in [0.25, 0.3) is 0 Å². The summed E-state index contributed by atoms with van der Waals surface area (Å²) >= 11 is 0. The van der Waals surface area contributed by atoms with E-state index in [1.807, 2.05) is 6.92 Å². The van der Waals surface area contributed by atoms with Crippen molar-refractivity contribution in [1.82, 2.24) is 0 Å². The molecule has 0 aromatic heterocycles. The maximum absolute atomic E-state index is 12.1. The van der Waals surface area contributed by atoms with Gasteiger partial charge in [-0.15, -0.1) is 0 Å². The number of ether oxygens (including phenoxy) is 3. The molecule has 1 N–H and O–H groups in total. The van der Waals surface area contributed by atoms with Gasteiger partial charge in [0.05, 0.1) is 6.61 Å². The van der Waals surface area contributed by atoms with Crippen LogP contribution in [0, 0.1) is 0 Å². The van der Waals surface area contributed by atoms with E-state index < -0.39 is 12.1 Å². The van der Waals surface area contributed by atoms with E-state index in [-0.39, 0.29) is 11.3 Å². The average molecular weight is 302 g/mol. The summed E-state index contributed by atoms with van der Waals surface area (Å²) in [5, 5.41) is 8.66. The molecule has 0 radical (unpaired) electrons. The molecular formula is C16H14O6. The van der Waals surface area contributed by atoms with Gasteiger partial charge in [0.1, 0.15) is 22.8 Å². The first-order valence-corrected chi connectivity index (χ1v) is 6.55. The lowest BCUT2D eigenvalue weighted by molar-refractivity contribution is 0.0730. The number of esters is 1. The lowest BCUT2D eigenvalue weighted by atomic mass is 10.2. The zero-order valence-corrected chi connectivity index (χ0v) is 11.8. The Morgan fingerprint density at radius 2 is 1.59 bits per heavy atom. The molecule has 22 heavy (non-hydrogen) atoms. The smallest absolute Gasteiger partial charge is 0.494 e. The van der Waals surface area contributed by atoms with Gasteiger partial charge < -0.3 is 19.3 Å². The summed E-state index contributed by atoms with van der Waals surface area (Å²) in [5.74, 6) is 0.197. The Bertz CT molecular complexity index is 663. The highest BCUT2D eigenvalue weighted by molar-refractivity contribution is 5.94. The van der Waals surface area contributed by atoms with Crippen LogP contribution >= 0.6 is 0 Å². The number of rotatable bonds is 5. The van der Waals surface area contributed by atoms with E-state index in [1.165, 1.54) is 12.1 Å². The summed E-state index contributed by atoms with van der Waals surface area (Å²) in [5.41, 5.74) is 0.0267. The summed E-state index contributed by atoms with van der Waals surface area (Å²) in [6.45, 7) is 2.41. The van der Waals surface area contributed by atoms with Crippen molar-refractivity contribution < 1.29 is 28.9 Å². The van der Waals surface area contributed by atoms with Crippen LogP contribution in [0.4, 0.5) is 4.79 Å². The topological polar surface area (TPSA) is 82.1 Å². The molecule has 0 unspecified atom stereocenters. The summed E-state index contributed by atoms with van der Waals surface area (Å²) < 4.78 is 15.0. The van der Waals surface area contributed by atoms with Gasteiger partial charge in [-0.3, -0.25) is 0 Å². The molecule has 0 saturated heterocycles. The van der Waals surface area contributed by atoms with E-state index in [1.54, 1.807) is 36.4 Å². The molecule has 2 rings (SSSR count). The minimum Gasteiger partial charge on any atom is -0.494 e. The van der Waals surface area contributed by atoms with Crippen LogP contribution in [-0.4, -0.2) is 23.8 Å². The van der Waals surface area contributed by atoms with E-state index in [0.717, 1.165) is 0 Å². The second-order valence-corrected chi connectivity index (χ2v) is 4.16. The Hall–Kier alpha value is -3.02. The quantitative estimate of drug-likeness (QED) is 0.518. The van der Waals surface area contributed by atoms with Crippen LogP contribution < -0.4 is 14.2 Å². The van der Waals surface area contributed by atoms with Crippen LogP contribution in [0.25, 0.3) is 0 Å². The van der Waals surface area contributed by atoms with E-state index in [2.05, 4.69) is 4.74 Å². The molecule has 0 aliphatic rings. The van der Waals surface area contributed by atoms with Crippen molar-refractivity contribution in [1.29, 1.82) is 0 Å². The molecule has 0 aliphatic heterocycles. The van der Waals surface area contributed by atoms with Crippen molar-refractivity contribution in [3.05, 3.63) is 54.1 Å². The Morgan fingerprint density at radius 1 is 0.955 bits per heavy atom. The molecule has 0 amide bonds. The number of benzene rings is 2. The Labute approximate surface area is 126 Å². The fraction of sp³-hybridized carbons (Fsp3) is 0.125. The van der Waals surface area contributed by atoms with Gasteiger partial charge in [-0.2, -0.15) is 0 Å². The predicted octanol–water partition coefficient (Wildman–Crippen LogP) is 3.36. The lowest BCUT2D eigenvalue weighted by Crippen LogP contribution is -2.12. The zero-order chi connectivity index (χ0) is 15.9. The second-order valence-electron chi connectivity index (χ2n) is 4.16. The van der Waals surface area contributed by atoms with Gasteiger partial charge in [0, 0.05) is 0 Å². The molecule has 0 bridgehead atoms. The van der Waals surface area contributed by atoms with Crippen molar-refractivity contribution in [2.45, 2.75) is 6.92 Å². The molecule has 0 aliphatic carbocycles. The monoisotopic (exact) mass is 302 g/mol. The molecule has 0 atom stereocenters. The number of para-hydroxylation sites is 1. The molecule has 0 spiro atoms. The minimum absolute atomic E-state index is 0.0267. The molecule has 0 heterocycles. The molecule has 6 heteroatoms. The molecule has 2 aromatic carbocycles. The molecule has 0 fully saturated rings. The fourth-order valence-corrected chi connectivity index (χ4v) is 1.75. The number of carboxylic acid groups (broad SMARTS) is 1. The van der Waals surface area contributed by atoms with E-state index in [4.69, 9.17) is 14.6 Å². The average Bonchev–Trinajstić information content (AvgIpc) is 2.49. The Balaban J connectivity index is 2.13. The van der Waals surface area contributed by atoms with E-state index in [0.29, 0.717) is 18.1 Å². The number of carbonyl (C=O) groups is 2. The number of hydrogen-bond donors (Lipinski definition) is 1. The summed E-state index contributed by atoms with van der Waals surface area (Å²) in [6, 6.07) is 12.5. The normalized spacial score (nSPS) is 9.86. The number of carbonyl (C=O) groups excluding carboxylic acids is 1. The molecule has 2 aromatic rings. The first-order chi connectivity index (χ1) is 10.6. The molecular weight excluding hydrogens is 288 g/mol. The highest BCUT2D eigenvalue weighted by Crippen LogP contribution is 2.22. The van der Waals surface area contributed by atoms with Gasteiger partial charge in [0.15, 0.2) is 0 Å². The Morgan fingerprint density at radius 3 is 2.23 bits per heavy atom. The SMILES string of the molecule is CCOc1ccc(OC(=O)c2ccccc2OC(=O)O)cc1. The van der Waals surface area contributed by atoms with Crippen LogP contribution in [-0.2, 0) is 0 Å². The zero-order valence-electron chi connectivity index (χ0n) is 11.8. The van der Waals surface area contributed by atoms with Crippen LogP contribution in [0.2, 0.25) is 0 Å². The van der Waals surface area contributed by atoms with Crippen LogP contribution in [0.5, 0.6) is 17.2 Å². The third kappa shape index (κ3) is 3.99. The lowest BCUT2D eigenvalue weighted by Gasteiger charge is -2.08. The summed E-state index contributed by atoms with van der Waals surface area (Å²) in [6.07, 6.45) is -1.50. The van der Waals surface area contributed by atoms with Gasteiger partial charge in [-0.1, -0.05) is 12.1 Å². The van der Waals surface area contributed by atoms with E-state index in [9.17, 15) is 9.59 Å². The maximum Gasteiger partial charge on any atom is 0.511 e. The maximum atomic E-state index is 12.1. The molecule has 6 nitrogen and oxygen atoms in total. The van der Waals surface area contributed by atoms with Crippen LogP contribution in [0.3, 0.4) is 0 Å². The third-order valence-electron chi connectivity index (χ3n) is 2.65. The predicted molar refractivity (Wildman–Crippen MR) is 77.7 cm³/mol. The third-order valence-corrected chi connectivity index (χ3v) is 2.65. The van der Waals surface area contributed by atoms with Crippen molar-refractivity contribution in [3.8, 4) is 17.2 Å². The van der Waals surface area contributed by atoms with E-state index >= 15 is 0 Å². The van der Waals surface area contributed by atoms with Gasteiger partial charge in [-0.05, 0) is 43.3 Å². The van der Waals surface area contributed by atoms with Crippen molar-refractivity contribution in [3.63, 3.8) is 0 Å². The highest BCUT2D eigenvalue weighted by Gasteiger charge is 2.16. The largest absolute Gasteiger partial charge is 0.511 e. The van der Waals surface area contributed by atoms with Gasteiger partial charge >= 0.3 is 12.1 Å². The standard InChI is InChI=1S/C16H14O6/c1-2-20-11-7-9-12(10-8-11)21-15(17)13-5-3-4-6-14(13)22-16(18)19/h3-10H,2H2,1H3,(H,18,19). The number of hydrogen-bond acceptors (Lipinski definition) is 5. The molecule has 0 saturated carbocycles. The second kappa shape index (κ2) is 7.12. The van der Waals surface area contributed by atoms with Crippen LogP contribution in [0.1, 0.15) is 17.3 Å². The van der Waals surface area contributed by atoms with Crippen molar-refractivity contribution in [2.75, 3.05) is 6.61 Å². The highest BCUT2D eigenvalue weighted by atomic mass is 16.7.